The maximum Gasteiger partial charge on any atom is 0.228 e. The van der Waals surface area contributed by atoms with Crippen molar-refractivity contribution in [2.75, 3.05) is 5.32 Å². The molecule has 1 amide bonds. The van der Waals surface area contributed by atoms with Crippen molar-refractivity contribution in [3.8, 4) is 11.5 Å². The molecule has 0 aliphatic carbocycles. The summed E-state index contributed by atoms with van der Waals surface area (Å²) in [5.41, 5.74) is 3.68. The number of carbonyl (C=O) groups excluding carboxylic acids is 1. The zero-order valence-corrected chi connectivity index (χ0v) is 16.9. The van der Waals surface area contributed by atoms with Crippen LogP contribution in [0.3, 0.4) is 0 Å². The first kappa shape index (κ1) is 19.7. The predicted octanol–water partition coefficient (Wildman–Crippen LogP) is 5.13. The molecule has 1 aromatic heterocycles. The summed E-state index contributed by atoms with van der Waals surface area (Å²) in [6.45, 7) is 9.16. The Morgan fingerprint density at radius 3 is 2.50 bits per heavy atom. The second-order valence-electron chi connectivity index (χ2n) is 7.39. The smallest absolute Gasteiger partial charge is 0.228 e. The molecule has 0 atom stereocenters. The second kappa shape index (κ2) is 8.74. The third-order valence-corrected chi connectivity index (χ3v) is 4.50. The van der Waals surface area contributed by atoms with Gasteiger partial charge in [-0.2, -0.15) is 5.10 Å². The van der Waals surface area contributed by atoms with Crippen molar-refractivity contribution in [3.05, 3.63) is 71.5 Å². The van der Waals surface area contributed by atoms with Gasteiger partial charge in [-0.15, -0.1) is 0 Å². The average Bonchev–Trinajstić information content (AvgIpc) is 2.89. The molecule has 28 heavy (non-hydrogen) atoms. The normalized spacial score (nSPS) is 10.9. The minimum absolute atomic E-state index is 0.0628. The number of aromatic nitrogens is 2. The van der Waals surface area contributed by atoms with Gasteiger partial charge in [0, 0.05) is 29.6 Å². The molecule has 0 fully saturated rings. The van der Waals surface area contributed by atoms with Crippen molar-refractivity contribution in [3.63, 3.8) is 0 Å². The van der Waals surface area contributed by atoms with Crippen LogP contribution in [0.25, 0.3) is 0 Å². The summed E-state index contributed by atoms with van der Waals surface area (Å²) in [5.74, 6) is 1.88. The van der Waals surface area contributed by atoms with E-state index >= 15 is 0 Å². The van der Waals surface area contributed by atoms with E-state index in [1.165, 1.54) is 0 Å². The fourth-order valence-electron chi connectivity index (χ4n) is 3.14. The van der Waals surface area contributed by atoms with Gasteiger partial charge in [0.25, 0.3) is 0 Å². The van der Waals surface area contributed by atoms with Gasteiger partial charge < -0.3 is 10.1 Å². The zero-order chi connectivity index (χ0) is 20.1. The number of benzene rings is 2. The van der Waals surface area contributed by atoms with Gasteiger partial charge >= 0.3 is 0 Å². The lowest BCUT2D eigenvalue weighted by atomic mass is 10.1. The fraction of sp³-hybridized carbons (Fsp3) is 0.304. The first-order chi connectivity index (χ1) is 13.4. The third kappa shape index (κ3) is 5.00. The summed E-state index contributed by atoms with van der Waals surface area (Å²) in [6, 6.07) is 17.0. The quantitative estimate of drug-likeness (QED) is 0.621. The van der Waals surface area contributed by atoms with Crippen LogP contribution in [-0.2, 0) is 17.8 Å². The topological polar surface area (TPSA) is 56.2 Å². The molecular formula is C23H27N3O2. The highest BCUT2D eigenvalue weighted by Gasteiger charge is 2.16. The molecule has 0 saturated carbocycles. The highest BCUT2D eigenvalue weighted by molar-refractivity contribution is 5.92. The van der Waals surface area contributed by atoms with Gasteiger partial charge in [-0.05, 0) is 44.0 Å². The van der Waals surface area contributed by atoms with Crippen LogP contribution in [0.2, 0.25) is 0 Å². The maximum atomic E-state index is 12.6. The summed E-state index contributed by atoms with van der Waals surface area (Å²) in [6.07, 6.45) is 0.305. The van der Waals surface area contributed by atoms with Gasteiger partial charge in [-0.1, -0.05) is 38.1 Å². The monoisotopic (exact) mass is 377 g/mol. The zero-order valence-electron chi connectivity index (χ0n) is 16.9. The van der Waals surface area contributed by atoms with Gasteiger partial charge in [-0.3, -0.25) is 9.48 Å². The Hall–Kier alpha value is -3.08. The van der Waals surface area contributed by atoms with E-state index in [0.29, 0.717) is 23.8 Å². The van der Waals surface area contributed by atoms with E-state index < -0.39 is 0 Å². The molecule has 1 heterocycles. The standard InChI is InChI=1S/C23H27N3O2/c1-16(2)15-26-18(4)22(17(3)25-26)14-23(27)24-19-9-8-12-21(13-19)28-20-10-6-5-7-11-20/h5-13,16H,14-15H2,1-4H3,(H,24,27). The molecule has 0 spiro atoms. The molecule has 0 unspecified atom stereocenters. The largest absolute Gasteiger partial charge is 0.457 e. The minimum Gasteiger partial charge on any atom is -0.457 e. The van der Waals surface area contributed by atoms with Crippen LogP contribution in [0.1, 0.15) is 30.8 Å². The summed E-state index contributed by atoms with van der Waals surface area (Å²) in [4.78, 5) is 12.6. The van der Waals surface area contributed by atoms with E-state index in [4.69, 9.17) is 4.74 Å². The first-order valence-electron chi connectivity index (χ1n) is 9.58. The van der Waals surface area contributed by atoms with Gasteiger partial charge in [0.2, 0.25) is 5.91 Å². The molecule has 2 aromatic carbocycles. The minimum atomic E-state index is -0.0628. The lowest BCUT2D eigenvalue weighted by Crippen LogP contribution is -2.15. The SMILES string of the molecule is Cc1nn(CC(C)C)c(C)c1CC(=O)Nc1cccc(Oc2ccccc2)c1. The Labute approximate surface area is 166 Å². The molecule has 0 radical (unpaired) electrons. The van der Waals surface area contributed by atoms with E-state index in [9.17, 15) is 4.79 Å². The van der Waals surface area contributed by atoms with E-state index in [1.54, 1.807) is 0 Å². The molecule has 3 aromatic rings. The van der Waals surface area contributed by atoms with Gasteiger partial charge in [0.15, 0.2) is 0 Å². The third-order valence-electron chi connectivity index (χ3n) is 4.50. The number of carbonyl (C=O) groups is 1. The predicted molar refractivity (Wildman–Crippen MR) is 112 cm³/mol. The summed E-state index contributed by atoms with van der Waals surface area (Å²) >= 11 is 0. The van der Waals surface area contributed by atoms with Crippen molar-refractivity contribution in [1.29, 1.82) is 0 Å². The molecule has 0 bridgehead atoms. The second-order valence-corrected chi connectivity index (χ2v) is 7.39. The number of para-hydroxylation sites is 1. The van der Waals surface area contributed by atoms with Gasteiger partial charge in [0.05, 0.1) is 12.1 Å². The van der Waals surface area contributed by atoms with Gasteiger partial charge in [-0.25, -0.2) is 0 Å². The molecule has 3 rings (SSSR count). The Kier molecular flexibility index (Phi) is 6.14. The Balaban J connectivity index is 1.67. The fourth-order valence-corrected chi connectivity index (χ4v) is 3.14. The summed E-state index contributed by atoms with van der Waals surface area (Å²) in [5, 5.41) is 7.55. The van der Waals surface area contributed by atoms with Crippen LogP contribution in [0.5, 0.6) is 11.5 Å². The Morgan fingerprint density at radius 1 is 1.07 bits per heavy atom. The highest BCUT2D eigenvalue weighted by Crippen LogP contribution is 2.24. The number of rotatable bonds is 7. The van der Waals surface area contributed by atoms with E-state index in [0.717, 1.165) is 29.2 Å². The average molecular weight is 377 g/mol. The van der Waals surface area contributed by atoms with Crippen LogP contribution in [0.4, 0.5) is 5.69 Å². The maximum absolute atomic E-state index is 12.6. The van der Waals surface area contributed by atoms with Crippen molar-refractivity contribution in [1.82, 2.24) is 9.78 Å². The molecule has 0 saturated heterocycles. The summed E-state index contributed by atoms with van der Waals surface area (Å²) in [7, 11) is 0. The van der Waals surface area contributed by atoms with Crippen LogP contribution >= 0.6 is 0 Å². The number of hydrogen-bond donors (Lipinski definition) is 1. The lowest BCUT2D eigenvalue weighted by Gasteiger charge is -2.10. The van der Waals surface area contributed by atoms with Crippen molar-refractivity contribution in [2.24, 2.45) is 5.92 Å². The van der Waals surface area contributed by atoms with E-state index in [-0.39, 0.29) is 5.91 Å². The van der Waals surface area contributed by atoms with E-state index in [1.807, 2.05) is 73.1 Å². The van der Waals surface area contributed by atoms with Crippen molar-refractivity contribution >= 4 is 11.6 Å². The van der Waals surface area contributed by atoms with Crippen LogP contribution < -0.4 is 10.1 Å². The molecule has 0 aliphatic heterocycles. The molecular weight excluding hydrogens is 350 g/mol. The number of hydrogen-bond acceptors (Lipinski definition) is 3. The van der Waals surface area contributed by atoms with Crippen LogP contribution in [0.15, 0.2) is 54.6 Å². The molecule has 0 aliphatic rings. The summed E-state index contributed by atoms with van der Waals surface area (Å²) < 4.78 is 7.83. The number of ether oxygens (including phenoxy) is 1. The number of amides is 1. The molecule has 146 valence electrons. The van der Waals surface area contributed by atoms with Crippen LogP contribution in [-0.4, -0.2) is 15.7 Å². The lowest BCUT2D eigenvalue weighted by molar-refractivity contribution is -0.115. The molecule has 1 N–H and O–H groups in total. The van der Waals surface area contributed by atoms with Crippen molar-refractivity contribution in [2.45, 2.75) is 40.7 Å². The number of aryl methyl sites for hydroxylation is 1. The molecule has 5 nitrogen and oxygen atoms in total. The van der Waals surface area contributed by atoms with Crippen LogP contribution in [0, 0.1) is 19.8 Å². The number of anilines is 1. The van der Waals surface area contributed by atoms with E-state index in [2.05, 4.69) is 24.3 Å². The van der Waals surface area contributed by atoms with Gasteiger partial charge in [0.1, 0.15) is 11.5 Å². The van der Waals surface area contributed by atoms with Crippen molar-refractivity contribution < 1.29 is 9.53 Å². The first-order valence-corrected chi connectivity index (χ1v) is 9.58. The number of nitrogens with one attached hydrogen (secondary N) is 1. The Morgan fingerprint density at radius 2 is 1.79 bits per heavy atom. The molecule has 5 heteroatoms. The highest BCUT2D eigenvalue weighted by atomic mass is 16.5. The Bertz CT molecular complexity index is 946. The number of nitrogens with zero attached hydrogens (tertiary/aromatic N) is 2.